The van der Waals surface area contributed by atoms with Gasteiger partial charge in [0.2, 0.25) is 0 Å². The molecule has 1 aliphatic rings. The number of carbonyl (C=O) groups is 1. The van der Waals surface area contributed by atoms with E-state index in [-0.39, 0.29) is 18.1 Å². The molecule has 1 amide bonds. The van der Waals surface area contributed by atoms with Gasteiger partial charge >= 0.3 is 0 Å². The molecule has 1 aromatic carbocycles. The zero-order chi connectivity index (χ0) is 14.5. The maximum atomic E-state index is 12.1. The second kappa shape index (κ2) is 6.83. The second-order valence-corrected chi connectivity index (χ2v) is 5.49. The highest BCUT2D eigenvalue weighted by atomic mass is 16.5. The van der Waals surface area contributed by atoms with Gasteiger partial charge in [-0.1, -0.05) is 12.1 Å². The average Bonchev–Trinajstić information content (AvgIpc) is 2.87. The van der Waals surface area contributed by atoms with Crippen molar-refractivity contribution in [2.45, 2.75) is 31.6 Å². The number of nitrogens with two attached hydrogens (primary N) is 1. The van der Waals surface area contributed by atoms with Crippen LogP contribution in [0.4, 0.5) is 5.69 Å². The fourth-order valence-corrected chi connectivity index (χ4v) is 2.41. The monoisotopic (exact) mass is 277 g/mol. The molecule has 0 bridgehead atoms. The van der Waals surface area contributed by atoms with E-state index in [2.05, 4.69) is 10.2 Å². The Bertz CT molecular complexity index is 462. The Morgan fingerprint density at radius 3 is 2.90 bits per heavy atom. The average molecular weight is 277 g/mol. The molecule has 20 heavy (non-hydrogen) atoms. The third-order valence-electron chi connectivity index (χ3n) is 3.36. The summed E-state index contributed by atoms with van der Waals surface area (Å²) in [6.07, 6.45) is 1.24. The molecule has 1 aliphatic heterocycles. The van der Waals surface area contributed by atoms with E-state index >= 15 is 0 Å². The van der Waals surface area contributed by atoms with E-state index in [1.54, 1.807) is 0 Å². The Balaban J connectivity index is 1.94. The highest BCUT2D eigenvalue weighted by molar-refractivity contribution is 5.94. The largest absolute Gasteiger partial charge is 0.364 e. The minimum Gasteiger partial charge on any atom is -0.364 e. The minimum atomic E-state index is -0.374. The van der Waals surface area contributed by atoms with Crippen LogP contribution in [0.5, 0.6) is 0 Å². The molecule has 1 fully saturated rings. The molecule has 2 rings (SSSR count). The van der Waals surface area contributed by atoms with Crippen LogP contribution < -0.4 is 11.1 Å². The van der Waals surface area contributed by atoms with Crippen LogP contribution in [0.1, 0.15) is 18.4 Å². The van der Waals surface area contributed by atoms with E-state index in [0.717, 1.165) is 25.1 Å². The molecular weight excluding hydrogens is 254 g/mol. The molecule has 3 N–H and O–H groups in total. The first kappa shape index (κ1) is 15.0. The maximum absolute atomic E-state index is 12.1. The number of rotatable bonds is 5. The van der Waals surface area contributed by atoms with Gasteiger partial charge in [0.15, 0.2) is 0 Å². The van der Waals surface area contributed by atoms with Gasteiger partial charge in [-0.3, -0.25) is 4.79 Å². The number of benzene rings is 1. The number of nitrogens with one attached hydrogen (secondary N) is 1. The van der Waals surface area contributed by atoms with Crippen molar-refractivity contribution >= 4 is 11.6 Å². The smallest absolute Gasteiger partial charge is 0.253 e. The van der Waals surface area contributed by atoms with Gasteiger partial charge in [-0.15, -0.1) is 0 Å². The van der Waals surface area contributed by atoms with Crippen molar-refractivity contribution in [1.82, 2.24) is 4.90 Å². The second-order valence-electron chi connectivity index (χ2n) is 5.49. The SMILES string of the molecule is CN(C)Cc1cccc(NC(=O)[C@@H]2CC[C@H](CN)O2)c1. The summed E-state index contributed by atoms with van der Waals surface area (Å²) in [6, 6.07) is 7.89. The van der Waals surface area contributed by atoms with E-state index in [0.29, 0.717) is 6.54 Å². The quantitative estimate of drug-likeness (QED) is 0.848. The van der Waals surface area contributed by atoms with Crippen molar-refractivity contribution in [2.24, 2.45) is 5.73 Å². The maximum Gasteiger partial charge on any atom is 0.253 e. The molecule has 1 heterocycles. The summed E-state index contributed by atoms with van der Waals surface area (Å²) < 4.78 is 5.59. The Morgan fingerprint density at radius 2 is 2.25 bits per heavy atom. The summed E-state index contributed by atoms with van der Waals surface area (Å²) in [5.41, 5.74) is 7.53. The summed E-state index contributed by atoms with van der Waals surface area (Å²) in [6.45, 7) is 1.32. The molecule has 5 heteroatoms. The Kier molecular flexibility index (Phi) is 5.11. The lowest BCUT2D eigenvalue weighted by Gasteiger charge is -2.14. The van der Waals surface area contributed by atoms with E-state index in [4.69, 9.17) is 10.5 Å². The van der Waals surface area contributed by atoms with E-state index < -0.39 is 0 Å². The van der Waals surface area contributed by atoms with Gasteiger partial charge in [-0.25, -0.2) is 0 Å². The topological polar surface area (TPSA) is 67.6 Å². The van der Waals surface area contributed by atoms with Crippen LogP contribution in [0.15, 0.2) is 24.3 Å². The van der Waals surface area contributed by atoms with Crippen molar-refractivity contribution in [3.8, 4) is 0 Å². The van der Waals surface area contributed by atoms with Gasteiger partial charge in [0.05, 0.1) is 6.10 Å². The predicted molar refractivity (Wildman–Crippen MR) is 79.4 cm³/mol. The molecule has 1 aromatic rings. The summed E-state index contributed by atoms with van der Waals surface area (Å²) in [4.78, 5) is 14.2. The molecular formula is C15H23N3O2. The zero-order valence-corrected chi connectivity index (χ0v) is 12.1. The van der Waals surface area contributed by atoms with Gasteiger partial charge in [0.1, 0.15) is 6.10 Å². The molecule has 110 valence electrons. The number of carbonyl (C=O) groups excluding carboxylic acids is 1. The molecule has 0 spiro atoms. The van der Waals surface area contributed by atoms with E-state index in [9.17, 15) is 4.79 Å². The standard InChI is InChI=1S/C15H23N3O2/c1-18(2)10-11-4-3-5-12(8-11)17-15(19)14-7-6-13(9-16)20-14/h3-5,8,13-14H,6-7,9-10,16H2,1-2H3,(H,17,19)/t13-,14+/m1/s1. The lowest BCUT2D eigenvalue weighted by molar-refractivity contribution is -0.126. The number of ether oxygens (including phenoxy) is 1. The van der Waals surface area contributed by atoms with E-state index in [1.165, 1.54) is 5.56 Å². The highest BCUT2D eigenvalue weighted by Gasteiger charge is 2.29. The fraction of sp³-hybridized carbons (Fsp3) is 0.533. The van der Waals surface area contributed by atoms with E-state index in [1.807, 2.05) is 38.4 Å². The molecule has 0 radical (unpaired) electrons. The summed E-state index contributed by atoms with van der Waals surface area (Å²) in [7, 11) is 4.04. The van der Waals surface area contributed by atoms with Crippen LogP contribution in [0.3, 0.4) is 0 Å². The number of anilines is 1. The molecule has 0 aromatic heterocycles. The van der Waals surface area contributed by atoms with Gasteiger partial charge in [0.25, 0.3) is 5.91 Å². The van der Waals surface area contributed by atoms with Crippen LogP contribution in [-0.4, -0.2) is 43.7 Å². The van der Waals surface area contributed by atoms with Crippen molar-refractivity contribution < 1.29 is 9.53 Å². The zero-order valence-electron chi connectivity index (χ0n) is 12.1. The highest BCUT2D eigenvalue weighted by Crippen LogP contribution is 2.21. The van der Waals surface area contributed by atoms with Crippen LogP contribution in [0.25, 0.3) is 0 Å². The summed E-state index contributed by atoms with van der Waals surface area (Å²) in [5, 5.41) is 2.92. The normalized spacial score (nSPS) is 22.2. The number of nitrogens with zero attached hydrogens (tertiary/aromatic N) is 1. The lowest BCUT2D eigenvalue weighted by Crippen LogP contribution is -2.29. The van der Waals surface area contributed by atoms with Crippen LogP contribution in [0, 0.1) is 0 Å². The third-order valence-corrected chi connectivity index (χ3v) is 3.36. The van der Waals surface area contributed by atoms with Crippen LogP contribution in [0.2, 0.25) is 0 Å². The molecule has 2 atom stereocenters. The first-order valence-corrected chi connectivity index (χ1v) is 6.98. The Morgan fingerprint density at radius 1 is 1.45 bits per heavy atom. The summed E-state index contributed by atoms with van der Waals surface area (Å²) in [5.74, 6) is -0.0806. The first-order valence-electron chi connectivity index (χ1n) is 6.98. The lowest BCUT2D eigenvalue weighted by atomic mass is 10.1. The molecule has 0 aliphatic carbocycles. The number of hydrogen-bond acceptors (Lipinski definition) is 4. The van der Waals surface area contributed by atoms with Crippen molar-refractivity contribution in [2.75, 3.05) is 26.0 Å². The van der Waals surface area contributed by atoms with Crippen molar-refractivity contribution in [1.29, 1.82) is 0 Å². The Hall–Kier alpha value is -1.43. The van der Waals surface area contributed by atoms with Gasteiger partial charge in [-0.05, 0) is 44.6 Å². The third kappa shape index (κ3) is 4.03. The van der Waals surface area contributed by atoms with Crippen LogP contribution >= 0.6 is 0 Å². The fourth-order valence-electron chi connectivity index (χ4n) is 2.41. The molecule has 1 saturated heterocycles. The first-order chi connectivity index (χ1) is 9.58. The van der Waals surface area contributed by atoms with Gasteiger partial charge in [-0.2, -0.15) is 0 Å². The van der Waals surface area contributed by atoms with Crippen molar-refractivity contribution in [3.05, 3.63) is 29.8 Å². The minimum absolute atomic E-state index is 0.0193. The molecule has 0 saturated carbocycles. The Labute approximate surface area is 120 Å². The summed E-state index contributed by atoms with van der Waals surface area (Å²) >= 11 is 0. The molecule has 0 unspecified atom stereocenters. The van der Waals surface area contributed by atoms with Gasteiger partial charge < -0.3 is 20.7 Å². The predicted octanol–water partition coefficient (Wildman–Crippen LogP) is 1.19. The van der Waals surface area contributed by atoms with Crippen molar-refractivity contribution in [3.63, 3.8) is 0 Å². The van der Waals surface area contributed by atoms with Crippen LogP contribution in [-0.2, 0) is 16.1 Å². The number of hydrogen-bond donors (Lipinski definition) is 2. The molecule has 5 nitrogen and oxygen atoms in total. The van der Waals surface area contributed by atoms with Gasteiger partial charge in [0, 0.05) is 18.8 Å². The number of amides is 1.